The normalized spacial score (nSPS) is 13.9. The maximum absolute atomic E-state index is 14.0. The van der Waals surface area contributed by atoms with E-state index < -0.39 is 16.1 Å². The van der Waals surface area contributed by atoms with Crippen molar-refractivity contribution in [1.82, 2.24) is 10.2 Å². The summed E-state index contributed by atoms with van der Waals surface area (Å²) in [5.41, 5.74) is 2.25. The molecule has 0 fully saturated rings. The number of amides is 2. The number of carbonyl (C=O) groups excluding carboxylic acids is 2. The fraction of sp³-hybridized carbons (Fsp3) is 0.394. The summed E-state index contributed by atoms with van der Waals surface area (Å²) in [6.45, 7) is 5.07. The molecule has 0 radical (unpaired) electrons. The Balaban J connectivity index is 1.58. The second-order valence-electron chi connectivity index (χ2n) is 10.9. The van der Waals surface area contributed by atoms with Crippen molar-refractivity contribution in [3.63, 3.8) is 0 Å². The Hall–Kier alpha value is -3.57. The van der Waals surface area contributed by atoms with Crippen LogP contribution in [0.25, 0.3) is 0 Å². The summed E-state index contributed by atoms with van der Waals surface area (Å²) in [5, 5.41) is 3.07. The van der Waals surface area contributed by atoms with Gasteiger partial charge in [-0.2, -0.15) is 0 Å². The van der Waals surface area contributed by atoms with E-state index in [1.165, 1.54) is 4.31 Å². The maximum Gasteiger partial charge on any atom is 0.243 e. The monoisotopic (exact) mass is 685 g/mol. The first-order valence-electron chi connectivity index (χ1n) is 14.8. The summed E-state index contributed by atoms with van der Waals surface area (Å²) in [6.07, 6.45) is 2.54. The molecule has 0 saturated heterocycles. The Morgan fingerprint density at radius 3 is 2.30 bits per heavy atom. The van der Waals surface area contributed by atoms with Crippen molar-refractivity contribution in [3.05, 3.63) is 88.4 Å². The van der Waals surface area contributed by atoms with Gasteiger partial charge in [-0.05, 0) is 55.2 Å². The number of rotatable bonds is 14. The number of hydrogen-bond acceptors (Lipinski definition) is 6. The van der Waals surface area contributed by atoms with Crippen LogP contribution in [0, 0.1) is 0 Å². The number of nitrogens with zero attached hydrogens (tertiary/aromatic N) is 2. The van der Waals surface area contributed by atoms with Crippen molar-refractivity contribution < 1.29 is 27.5 Å². The SMILES string of the molecule is CCC(C)NC(=O)C(Cc1ccccc1)N(Cc1ccc(Br)cc1)C(=O)CCCN(c1ccc2c(c1)OCCO2)S(C)(=O)=O. The molecular formula is C33H40BrN3O6S. The summed E-state index contributed by atoms with van der Waals surface area (Å²) in [5.74, 6) is 0.592. The topological polar surface area (TPSA) is 105 Å². The predicted octanol–water partition coefficient (Wildman–Crippen LogP) is 5.32. The third-order valence-electron chi connectivity index (χ3n) is 7.50. The number of nitrogens with one attached hydrogen (secondary N) is 1. The van der Waals surface area contributed by atoms with E-state index in [4.69, 9.17) is 9.47 Å². The van der Waals surface area contributed by atoms with E-state index in [1.54, 1.807) is 23.1 Å². The molecule has 11 heteroatoms. The quantitative estimate of drug-likeness (QED) is 0.246. The van der Waals surface area contributed by atoms with Gasteiger partial charge in [0.1, 0.15) is 19.3 Å². The van der Waals surface area contributed by atoms with E-state index in [0.29, 0.717) is 36.8 Å². The molecule has 236 valence electrons. The summed E-state index contributed by atoms with van der Waals surface area (Å²) < 4.78 is 39.0. The van der Waals surface area contributed by atoms with E-state index in [1.807, 2.05) is 68.4 Å². The second-order valence-corrected chi connectivity index (χ2v) is 13.8. The minimum Gasteiger partial charge on any atom is -0.486 e. The second kappa shape index (κ2) is 15.4. The zero-order valence-corrected chi connectivity index (χ0v) is 27.8. The molecule has 1 aliphatic heterocycles. The molecule has 9 nitrogen and oxygen atoms in total. The molecule has 0 aromatic heterocycles. The number of benzene rings is 3. The highest BCUT2D eigenvalue weighted by molar-refractivity contribution is 9.10. The summed E-state index contributed by atoms with van der Waals surface area (Å²) in [6, 6.07) is 21.5. The molecule has 2 atom stereocenters. The van der Waals surface area contributed by atoms with Crippen molar-refractivity contribution in [3.8, 4) is 11.5 Å². The van der Waals surface area contributed by atoms with Gasteiger partial charge in [-0.25, -0.2) is 8.42 Å². The Bertz CT molecular complexity index is 1520. The molecule has 0 bridgehead atoms. The molecule has 3 aromatic rings. The van der Waals surface area contributed by atoms with Crippen LogP contribution in [0.2, 0.25) is 0 Å². The number of anilines is 1. The summed E-state index contributed by atoms with van der Waals surface area (Å²) in [4.78, 5) is 29.3. The van der Waals surface area contributed by atoms with Crippen LogP contribution in [0.3, 0.4) is 0 Å². The Kier molecular flexibility index (Phi) is 11.7. The lowest BCUT2D eigenvalue weighted by Crippen LogP contribution is -2.52. The molecule has 44 heavy (non-hydrogen) atoms. The van der Waals surface area contributed by atoms with Gasteiger partial charge < -0.3 is 19.7 Å². The fourth-order valence-electron chi connectivity index (χ4n) is 4.97. The van der Waals surface area contributed by atoms with Crippen molar-refractivity contribution in [1.29, 1.82) is 0 Å². The number of ether oxygens (including phenoxy) is 2. The van der Waals surface area contributed by atoms with Crippen molar-refractivity contribution in [2.45, 2.75) is 58.2 Å². The molecule has 0 aliphatic carbocycles. The van der Waals surface area contributed by atoms with Crippen molar-refractivity contribution in [2.24, 2.45) is 0 Å². The highest BCUT2D eigenvalue weighted by atomic mass is 79.9. The molecule has 1 aliphatic rings. The van der Waals surface area contributed by atoms with Crippen LogP contribution < -0.4 is 19.1 Å². The third kappa shape index (κ3) is 9.22. The molecule has 3 aromatic carbocycles. The number of halogens is 1. The van der Waals surface area contributed by atoms with E-state index in [9.17, 15) is 18.0 Å². The minimum atomic E-state index is -3.66. The molecule has 2 amide bonds. The van der Waals surface area contributed by atoms with Crippen molar-refractivity contribution in [2.75, 3.05) is 30.3 Å². The molecule has 1 heterocycles. The average molecular weight is 687 g/mol. The highest BCUT2D eigenvalue weighted by Gasteiger charge is 2.31. The summed E-state index contributed by atoms with van der Waals surface area (Å²) >= 11 is 3.46. The largest absolute Gasteiger partial charge is 0.486 e. The number of fused-ring (bicyclic) bond motifs is 1. The third-order valence-corrected chi connectivity index (χ3v) is 9.23. The molecular weight excluding hydrogens is 646 g/mol. The van der Waals surface area contributed by atoms with Gasteiger partial charge in [0.05, 0.1) is 11.9 Å². The van der Waals surface area contributed by atoms with E-state index in [0.717, 1.165) is 28.3 Å². The number of carbonyl (C=O) groups is 2. The van der Waals surface area contributed by atoms with E-state index >= 15 is 0 Å². The lowest BCUT2D eigenvalue weighted by atomic mass is 10.0. The number of sulfonamides is 1. The van der Waals surface area contributed by atoms with Gasteiger partial charge >= 0.3 is 0 Å². The zero-order chi connectivity index (χ0) is 31.7. The zero-order valence-electron chi connectivity index (χ0n) is 25.4. The van der Waals surface area contributed by atoms with Crippen molar-refractivity contribution >= 4 is 43.5 Å². The first-order valence-corrected chi connectivity index (χ1v) is 17.4. The van der Waals surface area contributed by atoms with Gasteiger partial charge in [0.25, 0.3) is 0 Å². The van der Waals surface area contributed by atoms with E-state index in [2.05, 4.69) is 21.2 Å². The van der Waals surface area contributed by atoms with Crippen LogP contribution in [-0.4, -0.2) is 63.2 Å². The lowest BCUT2D eigenvalue weighted by molar-refractivity contribution is -0.141. The predicted molar refractivity (Wildman–Crippen MR) is 175 cm³/mol. The molecule has 4 rings (SSSR count). The Labute approximate surface area is 268 Å². The van der Waals surface area contributed by atoms with E-state index in [-0.39, 0.29) is 43.8 Å². The lowest BCUT2D eigenvalue weighted by Gasteiger charge is -2.33. The van der Waals surface area contributed by atoms with Crippen LogP contribution in [-0.2, 0) is 32.6 Å². The highest BCUT2D eigenvalue weighted by Crippen LogP contribution is 2.35. The van der Waals surface area contributed by atoms with Crippen LogP contribution >= 0.6 is 15.9 Å². The fourth-order valence-corrected chi connectivity index (χ4v) is 6.19. The minimum absolute atomic E-state index is 0.0506. The van der Waals surface area contributed by atoms with Gasteiger partial charge in [0.15, 0.2) is 11.5 Å². The van der Waals surface area contributed by atoms with Crippen LogP contribution in [0.4, 0.5) is 5.69 Å². The molecule has 0 spiro atoms. The van der Waals surface area contributed by atoms with Gasteiger partial charge in [-0.1, -0.05) is 65.3 Å². The van der Waals surface area contributed by atoms with Crippen LogP contribution in [0.5, 0.6) is 11.5 Å². The van der Waals surface area contributed by atoms with Gasteiger partial charge in [0, 0.05) is 42.5 Å². The molecule has 1 N–H and O–H groups in total. The first kappa shape index (κ1) is 33.3. The molecule has 2 unspecified atom stereocenters. The summed E-state index contributed by atoms with van der Waals surface area (Å²) in [7, 11) is -3.66. The average Bonchev–Trinajstić information content (AvgIpc) is 3.01. The van der Waals surface area contributed by atoms with Gasteiger partial charge in [-0.15, -0.1) is 0 Å². The molecule has 0 saturated carbocycles. The maximum atomic E-state index is 14.0. The van der Waals surface area contributed by atoms with Gasteiger partial charge in [0.2, 0.25) is 21.8 Å². The van der Waals surface area contributed by atoms with Crippen LogP contribution in [0.15, 0.2) is 77.3 Å². The van der Waals surface area contributed by atoms with Crippen LogP contribution in [0.1, 0.15) is 44.2 Å². The smallest absolute Gasteiger partial charge is 0.243 e. The van der Waals surface area contributed by atoms with Gasteiger partial charge in [-0.3, -0.25) is 13.9 Å². The first-order chi connectivity index (χ1) is 21.0. The Morgan fingerprint density at radius 2 is 1.64 bits per heavy atom. The number of hydrogen-bond donors (Lipinski definition) is 1. The standard InChI is InChI=1S/C33H40BrN3O6S/c1-4-24(2)35-33(39)29(21-25-9-6-5-7-10-25)36(23-26-12-14-27(34)15-13-26)32(38)11-8-18-37(44(3,40)41)28-16-17-30-31(22-28)43-20-19-42-30/h5-7,9-10,12-17,22,24,29H,4,8,11,18-21,23H2,1-3H3,(H,35,39). The Morgan fingerprint density at radius 1 is 0.955 bits per heavy atom.